The van der Waals surface area contributed by atoms with E-state index in [4.69, 9.17) is 4.74 Å². The molecule has 1 atom stereocenters. The Hall–Kier alpha value is -3.24. The smallest absolute Gasteiger partial charge is 0.331 e. The lowest BCUT2D eigenvalue weighted by atomic mass is 10.1. The van der Waals surface area contributed by atoms with Crippen molar-refractivity contribution in [3.63, 3.8) is 0 Å². The number of aromatic nitrogens is 1. The van der Waals surface area contributed by atoms with Crippen LogP contribution in [0, 0.1) is 13.8 Å². The van der Waals surface area contributed by atoms with Gasteiger partial charge in [0.05, 0.1) is 11.4 Å². The average Bonchev–Trinajstić information content (AvgIpc) is 3.46. The van der Waals surface area contributed by atoms with Gasteiger partial charge in [-0.3, -0.25) is 14.5 Å². The second kappa shape index (κ2) is 8.95. The Balaban J connectivity index is 1.42. The fourth-order valence-corrected chi connectivity index (χ4v) is 5.63. The van der Waals surface area contributed by atoms with Gasteiger partial charge in [-0.15, -0.1) is 11.3 Å². The van der Waals surface area contributed by atoms with Crippen LogP contribution < -0.4 is 4.72 Å². The van der Waals surface area contributed by atoms with Gasteiger partial charge in [0.2, 0.25) is 5.78 Å². The van der Waals surface area contributed by atoms with Crippen LogP contribution in [0.4, 0.5) is 0 Å². The number of hydrogen-bond acceptors (Lipinski definition) is 7. The van der Waals surface area contributed by atoms with E-state index >= 15 is 0 Å². The average molecular weight is 486 g/mol. The number of amidine groups is 1. The summed E-state index contributed by atoms with van der Waals surface area (Å²) >= 11 is 1.65. The highest BCUT2D eigenvalue weighted by Gasteiger charge is 2.31. The van der Waals surface area contributed by atoms with E-state index in [0.717, 1.165) is 11.4 Å². The second-order valence-corrected chi connectivity index (χ2v) is 10.4. The van der Waals surface area contributed by atoms with Gasteiger partial charge in [0.25, 0.3) is 10.0 Å². The van der Waals surface area contributed by atoms with Gasteiger partial charge in [-0.1, -0.05) is 18.2 Å². The topological polar surface area (TPSA) is 107 Å². The number of rotatable bonds is 7. The van der Waals surface area contributed by atoms with Crippen LogP contribution in [-0.4, -0.2) is 43.2 Å². The number of carbonyl (C=O) groups is 2. The number of ketones is 1. The summed E-state index contributed by atoms with van der Waals surface area (Å²) in [6, 6.07) is 11.2. The van der Waals surface area contributed by atoms with Gasteiger partial charge in [-0.05, 0) is 50.4 Å². The predicted molar refractivity (Wildman–Crippen MR) is 125 cm³/mol. The monoisotopic (exact) mass is 485 g/mol. The molecular formula is C23H23N3O5S2. The van der Waals surface area contributed by atoms with Crippen molar-refractivity contribution in [2.45, 2.75) is 38.3 Å². The number of carbonyl (C=O) groups excluding carboxylic acids is 2. The van der Waals surface area contributed by atoms with Crippen molar-refractivity contribution >= 4 is 38.9 Å². The number of hydrogen-bond donors (Lipinski definition) is 1. The number of sulfonamides is 1. The Morgan fingerprint density at radius 3 is 2.67 bits per heavy atom. The van der Waals surface area contributed by atoms with Crippen molar-refractivity contribution in [1.29, 1.82) is 0 Å². The highest BCUT2D eigenvalue weighted by molar-refractivity contribution is 7.90. The van der Waals surface area contributed by atoms with Crippen molar-refractivity contribution in [3.8, 4) is 0 Å². The van der Waals surface area contributed by atoms with Crippen LogP contribution >= 0.6 is 11.3 Å². The predicted octanol–water partition coefficient (Wildman–Crippen LogP) is 3.07. The van der Waals surface area contributed by atoms with Gasteiger partial charge < -0.3 is 9.30 Å². The zero-order valence-electron chi connectivity index (χ0n) is 18.4. The lowest BCUT2D eigenvalue weighted by Gasteiger charge is -2.10. The summed E-state index contributed by atoms with van der Waals surface area (Å²) in [4.78, 5) is 30.7. The van der Waals surface area contributed by atoms with Gasteiger partial charge in [0, 0.05) is 27.4 Å². The summed E-state index contributed by atoms with van der Waals surface area (Å²) in [6.45, 7) is 5.55. The molecule has 3 heterocycles. The number of thiophene rings is 1. The molecule has 0 radical (unpaired) electrons. The molecule has 3 aromatic rings. The summed E-state index contributed by atoms with van der Waals surface area (Å²) in [5.74, 6) is -0.939. The van der Waals surface area contributed by atoms with Crippen molar-refractivity contribution < 1.29 is 22.7 Å². The first-order valence-corrected chi connectivity index (χ1v) is 12.6. The van der Waals surface area contributed by atoms with Crippen LogP contribution in [0.25, 0.3) is 0 Å². The molecule has 1 N–H and O–H groups in total. The van der Waals surface area contributed by atoms with Crippen molar-refractivity contribution in [3.05, 3.63) is 75.2 Å². The standard InChI is InChI=1S/C23H23N3O5S2/c1-14-11-19(16(3)26(14)12-17-7-6-10-32-17)20(27)13-31-23(28)15(2)24-22-18-8-4-5-9-21(18)33(29,30)25-22/h4-11,15H,12-13H2,1-3H3,(H,24,25). The van der Waals surface area contributed by atoms with Crippen molar-refractivity contribution in [1.82, 2.24) is 9.29 Å². The molecule has 0 amide bonds. The summed E-state index contributed by atoms with van der Waals surface area (Å²) in [5, 5.41) is 2.01. The number of benzene rings is 1. The quantitative estimate of drug-likeness (QED) is 0.409. The number of aliphatic imine (C=N–C) groups is 1. The molecule has 0 bridgehead atoms. The summed E-state index contributed by atoms with van der Waals surface area (Å²) in [6.07, 6.45) is 0. The molecule has 1 aliphatic rings. The van der Waals surface area contributed by atoms with E-state index < -0.39 is 28.6 Å². The summed E-state index contributed by atoms with van der Waals surface area (Å²) in [5.41, 5.74) is 2.66. The molecule has 0 aliphatic carbocycles. The van der Waals surface area contributed by atoms with Gasteiger partial charge >= 0.3 is 5.97 Å². The van der Waals surface area contributed by atoms with E-state index in [9.17, 15) is 18.0 Å². The molecule has 10 heteroatoms. The molecule has 1 aliphatic heterocycles. The third-order valence-corrected chi connectivity index (χ3v) is 7.70. The lowest BCUT2D eigenvalue weighted by molar-refractivity contribution is -0.143. The Morgan fingerprint density at radius 1 is 1.18 bits per heavy atom. The first-order valence-electron chi connectivity index (χ1n) is 10.3. The third-order valence-electron chi connectivity index (χ3n) is 5.44. The van der Waals surface area contributed by atoms with Crippen LogP contribution in [-0.2, 0) is 26.1 Å². The van der Waals surface area contributed by atoms with Crippen molar-refractivity contribution in [2.75, 3.05) is 6.61 Å². The Morgan fingerprint density at radius 2 is 1.94 bits per heavy atom. The largest absolute Gasteiger partial charge is 0.456 e. The van der Waals surface area contributed by atoms with Gasteiger partial charge in [0.1, 0.15) is 11.9 Å². The minimum Gasteiger partial charge on any atom is -0.456 e. The molecule has 2 aromatic heterocycles. The number of fused-ring (bicyclic) bond motifs is 1. The molecule has 4 rings (SSSR count). The zero-order chi connectivity index (χ0) is 23.8. The number of Topliss-reactive ketones (excluding diaryl/α,β-unsaturated/α-hetero) is 1. The SMILES string of the molecule is Cc1cc(C(=O)COC(=O)C(C)N=C2NS(=O)(=O)c3ccccc32)c(C)n1Cc1cccs1. The first kappa shape index (κ1) is 22.9. The van der Waals surface area contributed by atoms with E-state index in [1.54, 1.807) is 35.6 Å². The highest BCUT2D eigenvalue weighted by atomic mass is 32.2. The maximum Gasteiger partial charge on any atom is 0.331 e. The summed E-state index contributed by atoms with van der Waals surface area (Å²) in [7, 11) is -3.70. The zero-order valence-corrected chi connectivity index (χ0v) is 20.0. The van der Waals surface area contributed by atoms with Crippen molar-refractivity contribution in [2.24, 2.45) is 4.99 Å². The molecular weight excluding hydrogens is 462 g/mol. The highest BCUT2D eigenvalue weighted by Crippen LogP contribution is 2.23. The molecule has 0 spiro atoms. The lowest BCUT2D eigenvalue weighted by Crippen LogP contribution is -2.27. The molecule has 33 heavy (non-hydrogen) atoms. The normalized spacial score (nSPS) is 16.3. The van der Waals surface area contributed by atoms with Crippen LogP contribution in [0.1, 0.15) is 39.1 Å². The minimum atomic E-state index is -3.70. The van der Waals surface area contributed by atoms with Crippen LogP contribution in [0.15, 0.2) is 57.7 Å². The number of aryl methyl sites for hydroxylation is 1. The number of esters is 1. The van der Waals surface area contributed by atoms with E-state index in [0.29, 0.717) is 17.7 Å². The van der Waals surface area contributed by atoms with E-state index in [2.05, 4.69) is 14.3 Å². The number of ether oxygens (including phenoxy) is 1. The molecule has 0 saturated carbocycles. The Bertz CT molecular complexity index is 1350. The van der Waals surface area contributed by atoms with Crippen LogP contribution in [0.3, 0.4) is 0 Å². The molecule has 0 fully saturated rings. The second-order valence-electron chi connectivity index (χ2n) is 7.74. The Labute approximate surface area is 196 Å². The van der Waals surface area contributed by atoms with Crippen LogP contribution in [0.5, 0.6) is 0 Å². The number of nitrogens with one attached hydrogen (secondary N) is 1. The maximum atomic E-state index is 12.7. The van der Waals surface area contributed by atoms with Gasteiger partial charge in [-0.25, -0.2) is 13.2 Å². The van der Waals surface area contributed by atoms with E-state index in [-0.39, 0.29) is 16.5 Å². The van der Waals surface area contributed by atoms with E-state index in [1.165, 1.54) is 17.9 Å². The molecule has 1 unspecified atom stereocenters. The molecule has 172 valence electrons. The fraction of sp³-hybridized carbons (Fsp3) is 0.261. The van der Waals surface area contributed by atoms with Crippen LogP contribution in [0.2, 0.25) is 0 Å². The molecule has 1 aromatic carbocycles. The Kier molecular flexibility index (Phi) is 6.22. The third kappa shape index (κ3) is 4.62. The summed E-state index contributed by atoms with van der Waals surface area (Å²) < 4.78 is 34.0. The molecule has 8 nitrogen and oxygen atoms in total. The maximum absolute atomic E-state index is 12.7. The first-order chi connectivity index (χ1) is 15.7. The van der Waals surface area contributed by atoms with Gasteiger partial charge in [-0.2, -0.15) is 0 Å². The molecule has 0 saturated heterocycles. The number of nitrogens with zero attached hydrogens (tertiary/aromatic N) is 2. The van der Waals surface area contributed by atoms with E-state index in [1.807, 2.05) is 31.4 Å². The fourth-order valence-electron chi connectivity index (χ4n) is 3.70. The minimum absolute atomic E-state index is 0.0819. The van der Waals surface area contributed by atoms with Gasteiger partial charge in [0.15, 0.2) is 6.61 Å².